The van der Waals surface area contributed by atoms with Crippen LogP contribution in [0.25, 0.3) is 0 Å². The lowest BCUT2D eigenvalue weighted by Gasteiger charge is -2.13. The summed E-state index contributed by atoms with van der Waals surface area (Å²) >= 11 is 0. The van der Waals surface area contributed by atoms with Crippen LogP contribution in [0.2, 0.25) is 0 Å². The van der Waals surface area contributed by atoms with Gasteiger partial charge in [0.25, 0.3) is 11.8 Å². The van der Waals surface area contributed by atoms with Crippen LogP contribution in [-0.2, 0) is 9.53 Å². The molecule has 1 heterocycles. The molecule has 2 rings (SSSR count). The highest BCUT2D eigenvalue weighted by molar-refractivity contribution is 6.21. The highest BCUT2D eigenvalue weighted by atomic mass is 16.5. The zero-order valence-electron chi connectivity index (χ0n) is 12.4. The summed E-state index contributed by atoms with van der Waals surface area (Å²) in [6.45, 7) is 2.09. The van der Waals surface area contributed by atoms with Gasteiger partial charge in [0.05, 0.1) is 24.2 Å². The highest BCUT2D eigenvalue weighted by Crippen LogP contribution is 2.22. The van der Waals surface area contributed by atoms with Gasteiger partial charge in [-0.3, -0.25) is 19.3 Å². The standard InChI is InChI=1S/C16H18N2O4/c1-11(17)10-14(19)22-9-5-4-8-18-15(20)12-6-2-3-7-13(12)16(18)21/h2-3,6-7,17H,4-5,8-10H2,1H3. The number of amides is 2. The summed E-state index contributed by atoms with van der Waals surface area (Å²) in [6.07, 6.45) is 1.14. The van der Waals surface area contributed by atoms with Crippen LogP contribution >= 0.6 is 0 Å². The molecule has 0 spiro atoms. The molecule has 0 radical (unpaired) electrons. The lowest BCUT2D eigenvalue weighted by Crippen LogP contribution is -2.30. The number of nitrogens with zero attached hydrogens (tertiary/aromatic N) is 1. The van der Waals surface area contributed by atoms with Crippen molar-refractivity contribution in [1.29, 1.82) is 5.41 Å². The topological polar surface area (TPSA) is 87.5 Å². The lowest BCUT2D eigenvalue weighted by atomic mass is 10.1. The van der Waals surface area contributed by atoms with E-state index in [-0.39, 0.29) is 30.6 Å². The van der Waals surface area contributed by atoms with E-state index in [9.17, 15) is 14.4 Å². The summed E-state index contributed by atoms with van der Waals surface area (Å²) in [6, 6.07) is 6.77. The molecule has 0 aliphatic carbocycles. The van der Waals surface area contributed by atoms with Crippen LogP contribution in [0.1, 0.15) is 46.9 Å². The molecule has 0 atom stereocenters. The molecule has 1 aromatic rings. The van der Waals surface area contributed by atoms with Gasteiger partial charge >= 0.3 is 5.97 Å². The van der Waals surface area contributed by atoms with Crippen molar-refractivity contribution >= 4 is 23.5 Å². The first-order chi connectivity index (χ1) is 10.5. The third kappa shape index (κ3) is 3.58. The van der Waals surface area contributed by atoms with Crippen molar-refractivity contribution in [2.75, 3.05) is 13.2 Å². The summed E-state index contributed by atoms with van der Waals surface area (Å²) in [7, 11) is 0. The van der Waals surface area contributed by atoms with Crippen LogP contribution in [0, 0.1) is 5.41 Å². The van der Waals surface area contributed by atoms with Crippen molar-refractivity contribution in [1.82, 2.24) is 4.90 Å². The third-order valence-corrected chi connectivity index (χ3v) is 3.33. The molecule has 2 amide bonds. The molecular weight excluding hydrogens is 284 g/mol. The molecule has 1 N–H and O–H groups in total. The monoisotopic (exact) mass is 302 g/mol. The summed E-state index contributed by atoms with van der Waals surface area (Å²) in [4.78, 5) is 36.7. The fourth-order valence-corrected chi connectivity index (χ4v) is 2.27. The molecule has 0 unspecified atom stereocenters. The molecule has 0 aromatic heterocycles. The van der Waals surface area contributed by atoms with Crippen LogP contribution < -0.4 is 0 Å². The van der Waals surface area contributed by atoms with E-state index in [1.165, 1.54) is 4.90 Å². The van der Waals surface area contributed by atoms with Gasteiger partial charge in [-0.15, -0.1) is 0 Å². The Morgan fingerprint density at radius 1 is 1.14 bits per heavy atom. The Kier molecular flexibility index (Phi) is 5.04. The predicted molar refractivity (Wildman–Crippen MR) is 80.0 cm³/mol. The van der Waals surface area contributed by atoms with Gasteiger partial charge in [0.15, 0.2) is 0 Å². The molecular formula is C16H18N2O4. The molecule has 0 saturated carbocycles. The first-order valence-corrected chi connectivity index (χ1v) is 7.15. The summed E-state index contributed by atoms with van der Waals surface area (Å²) in [5.41, 5.74) is 1.15. The second kappa shape index (κ2) is 6.98. The number of hydrogen-bond donors (Lipinski definition) is 1. The summed E-state index contributed by atoms with van der Waals surface area (Å²) in [5.74, 6) is -0.956. The Bertz CT molecular complexity index is 589. The Balaban J connectivity index is 1.75. The van der Waals surface area contributed by atoms with Gasteiger partial charge in [-0.1, -0.05) is 12.1 Å². The van der Waals surface area contributed by atoms with Gasteiger partial charge < -0.3 is 10.1 Å². The number of fused-ring (bicyclic) bond motifs is 1. The number of rotatable bonds is 7. The van der Waals surface area contributed by atoms with Gasteiger partial charge in [-0.2, -0.15) is 0 Å². The van der Waals surface area contributed by atoms with E-state index in [0.717, 1.165) is 0 Å². The number of nitrogens with one attached hydrogen (secondary N) is 1. The van der Waals surface area contributed by atoms with E-state index < -0.39 is 5.97 Å². The number of carbonyl (C=O) groups excluding carboxylic acids is 3. The maximum Gasteiger partial charge on any atom is 0.311 e. The van der Waals surface area contributed by atoms with E-state index in [1.807, 2.05) is 0 Å². The first-order valence-electron chi connectivity index (χ1n) is 7.15. The predicted octanol–water partition coefficient (Wildman–Crippen LogP) is 2.04. The minimum absolute atomic E-state index is 0.00158. The second-order valence-corrected chi connectivity index (χ2v) is 5.19. The third-order valence-electron chi connectivity index (χ3n) is 3.33. The van der Waals surface area contributed by atoms with Crippen LogP contribution in [0.15, 0.2) is 24.3 Å². The van der Waals surface area contributed by atoms with Gasteiger partial charge in [0, 0.05) is 12.3 Å². The maximum atomic E-state index is 12.1. The number of esters is 1. The number of carbonyl (C=O) groups is 3. The van der Waals surface area contributed by atoms with Crippen molar-refractivity contribution in [3.05, 3.63) is 35.4 Å². The van der Waals surface area contributed by atoms with E-state index in [1.54, 1.807) is 31.2 Å². The van der Waals surface area contributed by atoms with E-state index in [0.29, 0.717) is 30.5 Å². The molecule has 116 valence electrons. The normalized spacial score (nSPS) is 13.2. The smallest absolute Gasteiger partial charge is 0.311 e. The Labute approximate surface area is 128 Å². The first kappa shape index (κ1) is 15.9. The maximum absolute atomic E-state index is 12.1. The van der Waals surface area contributed by atoms with Crippen molar-refractivity contribution in [2.24, 2.45) is 0 Å². The van der Waals surface area contributed by atoms with Gasteiger partial charge in [-0.05, 0) is 31.9 Å². The van der Waals surface area contributed by atoms with Crippen molar-refractivity contribution in [3.63, 3.8) is 0 Å². The average Bonchev–Trinajstić information content (AvgIpc) is 2.71. The number of ether oxygens (including phenoxy) is 1. The average molecular weight is 302 g/mol. The van der Waals surface area contributed by atoms with Crippen LogP contribution in [-0.4, -0.2) is 41.5 Å². The molecule has 1 aliphatic heterocycles. The molecule has 1 aromatic carbocycles. The lowest BCUT2D eigenvalue weighted by molar-refractivity contribution is -0.142. The zero-order chi connectivity index (χ0) is 16.1. The Morgan fingerprint density at radius 3 is 2.27 bits per heavy atom. The Hall–Kier alpha value is -2.50. The Morgan fingerprint density at radius 2 is 1.73 bits per heavy atom. The number of benzene rings is 1. The highest BCUT2D eigenvalue weighted by Gasteiger charge is 2.34. The summed E-state index contributed by atoms with van der Waals surface area (Å²) in [5, 5.41) is 7.18. The van der Waals surface area contributed by atoms with Crippen molar-refractivity contribution in [3.8, 4) is 0 Å². The van der Waals surface area contributed by atoms with Crippen LogP contribution in [0.5, 0.6) is 0 Å². The zero-order valence-corrected chi connectivity index (χ0v) is 12.4. The van der Waals surface area contributed by atoms with Crippen molar-refractivity contribution in [2.45, 2.75) is 26.2 Å². The van der Waals surface area contributed by atoms with E-state index in [4.69, 9.17) is 10.1 Å². The second-order valence-electron chi connectivity index (χ2n) is 5.19. The van der Waals surface area contributed by atoms with Crippen molar-refractivity contribution < 1.29 is 19.1 Å². The molecule has 22 heavy (non-hydrogen) atoms. The summed E-state index contributed by atoms with van der Waals surface area (Å²) < 4.78 is 4.96. The number of imide groups is 1. The van der Waals surface area contributed by atoms with Gasteiger partial charge in [-0.25, -0.2) is 0 Å². The molecule has 0 saturated heterocycles. The fourth-order valence-electron chi connectivity index (χ4n) is 2.27. The number of unbranched alkanes of at least 4 members (excludes halogenated alkanes) is 1. The minimum Gasteiger partial charge on any atom is -0.465 e. The quantitative estimate of drug-likeness (QED) is 0.361. The molecule has 6 nitrogen and oxygen atoms in total. The SMILES string of the molecule is CC(=N)CC(=O)OCCCCN1C(=O)c2ccccc2C1=O. The van der Waals surface area contributed by atoms with Crippen LogP contribution in [0.3, 0.4) is 0 Å². The molecule has 6 heteroatoms. The number of hydrogen-bond acceptors (Lipinski definition) is 5. The van der Waals surface area contributed by atoms with E-state index in [2.05, 4.69) is 0 Å². The van der Waals surface area contributed by atoms with Gasteiger partial charge in [0.2, 0.25) is 0 Å². The van der Waals surface area contributed by atoms with Crippen LogP contribution in [0.4, 0.5) is 0 Å². The van der Waals surface area contributed by atoms with E-state index >= 15 is 0 Å². The largest absolute Gasteiger partial charge is 0.465 e. The minimum atomic E-state index is -0.423. The molecule has 1 aliphatic rings. The van der Waals surface area contributed by atoms with Gasteiger partial charge in [0.1, 0.15) is 0 Å². The molecule has 0 bridgehead atoms. The fraction of sp³-hybridized carbons (Fsp3) is 0.375. The molecule has 0 fully saturated rings.